The molecule has 2 aliphatic rings. The number of halogens is 1. The number of benzene rings is 3. The molecule has 1 aromatic heterocycles. The quantitative estimate of drug-likeness (QED) is 0.382. The summed E-state index contributed by atoms with van der Waals surface area (Å²) in [6, 6.07) is 18.8. The molecule has 37 heavy (non-hydrogen) atoms. The van der Waals surface area contributed by atoms with Gasteiger partial charge in [0.2, 0.25) is 0 Å². The second-order valence-corrected chi connectivity index (χ2v) is 10.2. The van der Waals surface area contributed by atoms with Gasteiger partial charge in [0.15, 0.2) is 5.54 Å². The van der Waals surface area contributed by atoms with Crippen molar-refractivity contribution in [2.45, 2.75) is 19.0 Å². The molecule has 1 fully saturated rings. The summed E-state index contributed by atoms with van der Waals surface area (Å²) < 4.78 is 13.7. The van der Waals surface area contributed by atoms with Gasteiger partial charge in [-0.15, -0.1) is 11.3 Å². The van der Waals surface area contributed by atoms with E-state index in [1.54, 1.807) is 29.5 Å². The number of imide groups is 1. The van der Waals surface area contributed by atoms with E-state index in [-0.39, 0.29) is 24.6 Å². The van der Waals surface area contributed by atoms with E-state index in [0.717, 1.165) is 27.4 Å². The van der Waals surface area contributed by atoms with Gasteiger partial charge in [-0.2, -0.15) is 0 Å². The first-order valence-corrected chi connectivity index (χ1v) is 12.6. The molecule has 3 aromatic carbocycles. The third-order valence-electron chi connectivity index (χ3n) is 6.81. The highest BCUT2D eigenvalue weighted by Crippen LogP contribution is 2.33. The van der Waals surface area contributed by atoms with Crippen molar-refractivity contribution >= 4 is 29.2 Å². The number of nitrogens with zero attached hydrogens (tertiary/aromatic N) is 2. The molecule has 0 spiro atoms. The van der Waals surface area contributed by atoms with Gasteiger partial charge < -0.3 is 10.2 Å². The van der Waals surface area contributed by atoms with Crippen LogP contribution in [-0.4, -0.2) is 34.3 Å². The number of hydrogen-bond donors (Lipinski definition) is 2. The molecule has 1 unspecified atom stereocenters. The fourth-order valence-corrected chi connectivity index (χ4v) is 5.57. The number of carbonyl (C=O) groups is 3. The lowest BCUT2D eigenvalue weighted by molar-refractivity contribution is -0.124. The molecule has 4 amide bonds. The molecule has 9 heteroatoms. The van der Waals surface area contributed by atoms with Crippen molar-refractivity contribution in [3.05, 3.63) is 99.6 Å². The minimum absolute atomic E-state index is 0.0856. The van der Waals surface area contributed by atoms with E-state index >= 15 is 0 Å². The van der Waals surface area contributed by atoms with Gasteiger partial charge >= 0.3 is 6.03 Å². The number of rotatable bonds is 5. The number of aryl methyl sites for hydroxylation is 1. The monoisotopic (exact) mass is 512 g/mol. The Kier molecular flexibility index (Phi) is 5.38. The Hall–Kier alpha value is -4.37. The second kappa shape index (κ2) is 8.63. The topological polar surface area (TPSA) is 91.4 Å². The van der Waals surface area contributed by atoms with E-state index in [0.29, 0.717) is 11.1 Å². The van der Waals surface area contributed by atoms with E-state index in [9.17, 15) is 18.8 Å². The smallest absolute Gasteiger partial charge is 0.322 e. The lowest BCUT2D eigenvalue weighted by Gasteiger charge is -2.31. The Morgan fingerprint density at radius 1 is 1.00 bits per heavy atom. The number of aromatic nitrogens is 1. The van der Waals surface area contributed by atoms with Crippen molar-refractivity contribution in [3.8, 4) is 22.4 Å². The van der Waals surface area contributed by atoms with Crippen LogP contribution < -0.4 is 10.6 Å². The van der Waals surface area contributed by atoms with Crippen LogP contribution in [0.5, 0.6) is 0 Å². The predicted octanol–water partition coefficient (Wildman–Crippen LogP) is 4.62. The van der Waals surface area contributed by atoms with Gasteiger partial charge in [0.25, 0.3) is 11.8 Å². The summed E-state index contributed by atoms with van der Waals surface area (Å²) in [6.07, 6.45) is 0. The van der Waals surface area contributed by atoms with E-state index in [2.05, 4.69) is 21.7 Å². The summed E-state index contributed by atoms with van der Waals surface area (Å²) in [7, 11) is 0. The van der Waals surface area contributed by atoms with Crippen LogP contribution in [0.25, 0.3) is 22.4 Å². The Bertz CT molecular complexity index is 1580. The van der Waals surface area contributed by atoms with Gasteiger partial charge in [0.05, 0.1) is 17.2 Å². The molecular formula is C28H21FN4O3S. The average Bonchev–Trinajstić information content (AvgIpc) is 3.55. The molecule has 0 saturated carbocycles. The maximum atomic E-state index is 13.7. The van der Waals surface area contributed by atoms with E-state index in [4.69, 9.17) is 0 Å². The van der Waals surface area contributed by atoms with Crippen LogP contribution in [0, 0.1) is 12.7 Å². The van der Waals surface area contributed by atoms with Crippen molar-refractivity contribution in [3.63, 3.8) is 0 Å². The molecule has 7 nitrogen and oxygen atoms in total. The second-order valence-electron chi connectivity index (χ2n) is 9.19. The van der Waals surface area contributed by atoms with Crippen molar-refractivity contribution < 1.29 is 18.8 Å². The van der Waals surface area contributed by atoms with Crippen LogP contribution in [0.3, 0.4) is 0 Å². The van der Waals surface area contributed by atoms with Gasteiger partial charge in [-0.05, 0) is 47.4 Å². The molecule has 0 radical (unpaired) electrons. The number of urea groups is 1. The highest BCUT2D eigenvalue weighted by molar-refractivity contribution is 7.09. The summed E-state index contributed by atoms with van der Waals surface area (Å²) in [5.41, 5.74) is 3.86. The van der Waals surface area contributed by atoms with Crippen LogP contribution in [0.4, 0.5) is 9.18 Å². The Morgan fingerprint density at radius 2 is 1.78 bits per heavy atom. The highest BCUT2D eigenvalue weighted by Gasteiger charge is 2.50. The van der Waals surface area contributed by atoms with Crippen LogP contribution in [0.15, 0.2) is 72.1 Å². The zero-order valence-electron chi connectivity index (χ0n) is 19.7. The summed E-state index contributed by atoms with van der Waals surface area (Å²) in [5, 5.41) is 8.06. The maximum absolute atomic E-state index is 13.7. The fourth-order valence-electron chi connectivity index (χ4n) is 4.95. The first-order chi connectivity index (χ1) is 17.8. The molecule has 3 heterocycles. The molecule has 1 atom stereocenters. The fraction of sp³-hybridized carbons (Fsp3) is 0.143. The van der Waals surface area contributed by atoms with Crippen LogP contribution in [-0.2, 0) is 16.9 Å². The van der Waals surface area contributed by atoms with E-state index < -0.39 is 23.3 Å². The van der Waals surface area contributed by atoms with Crippen molar-refractivity contribution in [1.82, 2.24) is 20.5 Å². The van der Waals surface area contributed by atoms with Crippen LogP contribution in [0.2, 0.25) is 0 Å². The zero-order chi connectivity index (χ0) is 25.7. The minimum Gasteiger partial charge on any atom is -0.331 e. The van der Waals surface area contributed by atoms with Crippen LogP contribution in [0.1, 0.15) is 26.5 Å². The van der Waals surface area contributed by atoms with Crippen LogP contribution >= 0.6 is 11.3 Å². The molecule has 184 valence electrons. The molecule has 6 rings (SSSR count). The number of hydrogen-bond acceptors (Lipinski definition) is 5. The average molecular weight is 513 g/mol. The molecule has 2 aliphatic heterocycles. The van der Waals surface area contributed by atoms with Crippen molar-refractivity contribution in [2.75, 3.05) is 6.54 Å². The lowest BCUT2D eigenvalue weighted by Crippen LogP contribution is -2.52. The molecule has 1 saturated heterocycles. The van der Waals surface area contributed by atoms with Gasteiger partial charge in [0, 0.05) is 23.1 Å². The van der Waals surface area contributed by atoms with Gasteiger partial charge in [-0.25, -0.2) is 14.2 Å². The Morgan fingerprint density at radius 3 is 2.49 bits per heavy atom. The lowest BCUT2D eigenvalue weighted by atomic mass is 9.88. The SMILES string of the molecule is Cc1nc(-c2cccc(-c3ccc(C4(CN5Cc6ccc(F)cc6C5=O)NC(=O)NC4=O)cc3)c2)cs1. The summed E-state index contributed by atoms with van der Waals surface area (Å²) >= 11 is 1.60. The largest absolute Gasteiger partial charge is 0.331 e. The number of carbonyl (C=O) groups excluding carboxylic acids is 3. The van der Waals surface area contributed by atoms with E-state index in [1.165, 1.54) is 17.0 Å². The van der Waals surface area contributed by atoms with Gasteiger partial charge in [0.1, 0.15) is 5.82 Å². The zero-order valence-corrected chi connectivity index (χ0v) is 20.6. The summed E-state index contributed by atoms with van der Waals surface area (Å²) in [5.74, 6) is -1.42. The molecule has 2 N–H and O–H groups in total. The Balaban J connectivity index is 1.32. The first kappa shape index (κ1) is 23.1. The molecular weight excluding hydrogens is 491 g/mol. The van der Waals surface area contributed by atoms with E-state index in [1.807, 2.05) is 42.6 Å². The molecule has 0 bridgehead atoms. The maximum Gasteiger partial charge on any atom is 0.322 e. The van der Waals surface area contributed by atoms with Crippen molar-refractivity contribution in [2.24, 2.45) is 0 Å². The number of thiazole rings is 1. The van der Waals surface area contributed by atoms with Crippen molar-refractivity contribution in [1.29, 1.82) is 0 Å². The first-order valence-electron chi connectivity index (χ1n) is 11.7. The number of fused-ring (bicyclic) bond motifs is 1. The minimum atomic E-state index is -1.47. The molecule has 0 aliphatic carbocycles. The Labute approximate surface area is 216 Å². The third kappa shape index (κ3) is 3.97. The summed E-state index contributed by atoms with van der Waals surface area (Å²) in [4.78, 5) is 44.3. The number of amides is 4. The molecule has 4 aromatic rings. The normalized spacial score (nSPS) is 18.6. The highest BCUT2D eigenvalue weighted by atomic mass is 32.1. The van der Waals surface area contributed by atoms with Gasteiger partial charge in [-0.3, -0.25) is 14.9 Å². The summed E-state index contributed by atoms with van der Waals surface area (Å²) in [6.45, 7) is 2.11. The third-order valence-corrected chi connectivity index (χ3v) is 7.58. The van der Waals surface area contributed by atoms with Gasteiger partial charge in [-0.1, -0.05) is 48.5 Å². The standard InChI is InChI=1S/C28H21FN4O3S/c1-16-30-24(14-37-16)19-4-2-3-18(11-19)17-5-8-21(9-6-17)28(26(35)31-27(36)32-28)15-33-13-20-7-10-22(29)12-23(20)25(33)34/h2-12,14H,13,15H2,1H3,(H2,31,32,35,36). The predicted molar refractivity (Wildman–Crippen MR) is 137 cm³/mol. The number of nitrogens with one attached hydrogen (secondary N) is 2.